The SMILES string of the molecule is COCCCOc1cc(C[C@@H](C[C@H](N)[C@@H](O)CNC(=O)C(C)(C)c2ccc(C)cc2)C(C)C)ccc1OC. The van der Waals surface area contributed by atoms with Crippen LogP contribution in [0.4, 0.5) is 0 Å². The van der Waals surface area contributed by atoms with Gasteiger partial charge in [-0.05, 0) is 68.7 Å². The van der Waals surface area contributed by atoms with Crippen molar-refractivity contribution in [3.05, 3.63) is 59.2 Å². The summed E-state index contributed by atoms with van der Waals surface area (Å²) in [5.74, 6) is 1.88. The van der Waals surface area contributed by atoms with Crippen molar-refractivity contribution >= 4 is 5.91 Å². The van der Waals surface area contributed by atoms with Crippen molar-refractivity contribution < 1.29 is 24.1 Å². The standard InChI is InChI=1S/C31H48N2O5/c1-21(2)24(17-23-11-14-28(37-7)29(18-23)38-16-8-15-36-6)19-26(32)27(34)20-33-30(35)31(4,5)25-12-9-22(3)10-13-25/h9-14,18,21,24,26-27,34H,8,15-17,19-20,32H2,1-7H3,(H,33,35)/t24-,26-,27-/m0/s1. The van der Waals surface area contributed by atoms with Gasteiger partial charge < -0.3 is 30.4 Å². The number of rotatable bonds is 16. The second kappa shape index (κ2) is 15.1. The summed E-state index contributed by atoms with van der Waals surface area (Å²) in [6, 6.07) is 13.5. The lowest BCUT2D eigenvalue weighted by Gasteiger charge is -2.29. The zero-order valence-electron chi connectivity index (χ0n) is 24.3. The molecule has 0 radical (unpaired) electrons. The van der Waals surface area contributed by atoms with E-state index in [1.807, 2.05) is 63.2 Å². The summed E-state index contributed by atoms with van der Waals surface area (Å²) in [5.41, 5.74) is 8.93. The highest BCUT2D eigenvalue weighted by molar-refractivity contribution is 5.87. The molecule has 7 nitrogen and oxygen atoms in total. The van der Waals surface area contributed by atoms with Crippen molar-refractivity contribution in [3.8, 4) is 11.5 Å². The minimum atomic E-state index is -0.843. The molecule has 0 saturated heterocycles. The van der Waals surface area contributed by atoms with Gasteiger partial charge in [-0.1, -0.05) is 49.7 Å². The van der Waals surface area contributed by atoms with Crippen molar-refractivity contribution in [3.63, 3.8) is 0 Å². The highest BCUT2D eigenvalue weighted by Crippen LogP contribution is 2.31. The number of ether oxygens (including phenoxy) is 3. The Morgan fingerprint density at radius 1 is 1.05 bits per heavy atom. The van der Waals surface area contributed by atoms with Crippen LogP contribution in [0.1, 0.15) is 57.2 Å². The van der Waals surface area contributed by atoms with Crippen LogP contribution in [0.15, 0.2) is 42.5 Å². The lowest BCUT2D eigenvalue weighted by molar-refractivity contribution is -0.126. The lowest BCUT2D eigenvalue weighted by Crippen LogP contribution is -2.48. The number of aryl methyl sites for hydroxylation is 1. The van der Waals surface area contributed by atoms with Gasteiger partial charge in [0.05, 0.1) is 25.2 Å². The molecule has 7 heteroatoms. The van der Waals surface area contributed by atoms with Gasteiger partial charge in [0.25, 0.3) is 0 Å². The monoisotopic (exact) mass is 528 g/mol. The first kappa shape index (κ1) is 31.6. The predicted octanol–water partition coefficient (Wildman–Crippen LogP) is 4.41. The lowest BCUT2D eigenvalue weighted by atomic mass is 9.82. The molecule has 0 aliphatic rings. The molecule has 0 spiro atoms. The second-order valence-corrected chi connectivity index (χ2v) is 11.1. The van der Waals surface area contributed by atoms with Crippen LogP contribution in [0, 0.1) is 18.8 Å². The topological polar surface area (TPSA) is 103 Å². The van der Waals surface area contributed by atoms with Gasteiger partial charge in [0.2, 0.25) is 5.91 Å². The van der Waals surface area contributed by atoms with Crippen LogP contribution >= 0.6 is 0 Å². The van der Waals surface area contributed by atoms with Gasteiger partial charge in [0.15, 0.2) is 11.5 Å². The molecule has 2 aromatic carbocycles. The highest BCUT2D eigenvalue weighted by Gasteiger charge is 2.31. The number of nitrogens with two attached hydrogens (primary N) is 1. The van der Waals surface area contributed by atoms with E-state index in [4.69, 9.17) is 19.9 Å². The van der Waals surface area contributed by atoms with Crippen molar-refractivity contribution in [1.29, 1.82) is 0 Å². The van der Waals surface area contributed by atoms with E-state index in [0.717, 1.165) is 29.5 Å². The van der Waals surface area contributed by atoms with Crippen LogP contribution in [0.2, 0.25) is 0 Å². The van der Waals surface area contributed by atoms with Gasteiger partial charge in [0.1, 0.15) is 0 Å². The van der Waals surface area contributed by atoms with Crippen LogP contribution in [0.3, 0.4) is 0 Å². The van der Waals surface area contributed by atoms with E-state index < -0.39 is 17.6 Å². The zero-order valence-corrected chi connectivity index (χ0v) is 24.3. The number of methoxy groups -OCH3 is 2. The minimum Gasteiger partial charge on any atom is -0.493 e. The number of hydrogen-bond donors (Lipinski definition) is 3. The van der Waals surface area contributed by atoms with Gasteiger partial charge in [-0.25, -0.2) is 0 Å². The third kappa shape index (κ3) is 9.29. The van der Waals surface area contributed by atoms with Gasteiger partial charge in [-0.15, -0.1) is 0 Å². The third-order valence-electron chi connectivity index (χ3n) is 7.30. The molecule has 3 atom stereocenters. The Bertz CT molecular complexity index is 990. The quantitative estimate of drug-likeness (QED) is 0.279. The predicted molar refractivity (Wildman–Crippen MR) is 153 cm³/mol. The summed E-state index contributed by atoms with van der Waals surface area (Å²) in [6.45, 7) is 11.4. The fourth-order valence-corrected chi connectivity index (χ4v) is 4.42. The molecule has 0 saturated carbocycles. The number of amides is 1. The molecular weight excluding hydrogens is 480 g/mol. The maximum atomic E-state index is 13.0. The van der Waals surface area contributed by atoms with Crippen molar-refractivity contribution in [2.24, 2.45) is 17.6 Å². The Labute approximate surface area is 229 Å². The first-order valence-corrected chi connectivity index (χ1v) is 13.6. The number of aliphatic hydroxyl groups is 1. The number of carbonyl (C=O) groups excluding carboxylic acids is 1. The molecular formula is C31H48N2O5. The summed E-state index contributed by atoms with van der Waals surface area (Å²) in [5, 5.41) is 13.7. The molecule has 38 heavy (non-hydrogen) atoms. The zero-order chi connectivity index (χ0) is 28.3. The van der Waals surface area contributed by atoms with Gasteiger partial charge >= 0.3 is 0 Å². The largest absolute Gasteiger partial charge is 0.493 e. The normalized spacial score (nSPS) is 14.2. The average molecular weight is 529 g/mol. The van der Waals surface area contributed by atoms with E-state index in [1.54, 1.807) is 14.2 Å². The summed E-state index contributed by atoms with van der Waals surface area (Å²) in [4.78, 5) is 13.0. The van der Waals surface area contributed by atoms with Crippen molar-refractivity contribution in [2.45, 2.75) is 71.4 Å². The van der Waals surface area contributed by atoms with Crippen molar-refractivity contribution in [1.82, 2.24) is 5.32 Å². The number of nitrogens with one attached hydrogen (secondary N) is 1. The molecule has 2 aromatic rings. The molecule has 0 bridgehead atoms. The summed E-state index contributed by atoms with van der Waals surface area (Å²) in [7, 11) is 3.31. The number of benzene rings is 2. The Hall–Kier alpha value is -2.61. The molecule has 212 valence electrons. The Balaban J connectivity index is 1.98. The second-order valence-electron chi connectivity index (χ2n) is 11.1. The third-order valence-corrected chi connectivity index (χ3v) is 7.30. The maximum Gasteiger partial charge on any atom is 0.230 e. The van der Waals surface area contributed by atoms with Crippen LogP contribution < -0.4 is 20.5 Å². The number of hydrogen-bond acceptors (Lipinski definition) is 6. The molecule has 0 unspecified atom stereocenters. The van der Waals surface area contributed by atoms with E-state index in [1.165, 1.54) is 0 Å². The molecule has 0 aliphatic carbocycles. The van der Waals surface area contributed by atoms with E-state index in [9.17, 15) is 9.90 Å². The fourth-order valence-electron chi connectivity index (χ4n) is 4.42. The number of carbonyl (C=O) groups is 1. The first-order valence-electron chi connectivity index (χ1n) is 13.6. The van der Waals surface area contributed by atoms with Crippen LogP contribution in [0.25, 0.3) is 0 Å². The number of aliphatic hydroxyl groups excluding tert-OH is 1. The molecule has 4 N–H and O–H groups in total. The summed E-state index contributed by atoms with van der Waals surface area (Å²) >= 11 is 0. The maximum absolute atomic E-state index is 13.0. The molecule has 1 amide bonds. The van der Waals surface area contributed by atoms with Gasteiger partial charge in [-0.3, -0.25) is 4.79 Å². The van der Waals surface area contributed by atoms with E-state index in [-0.39, 0.29) is 18.4 Å². The van der Waals surface area contributed by atoms with Crippen LogP contribution in [-0.2, 0) is 21.4 Å². The summed E-state index contributed by atoms with van der Waals surface area (Å²) < 4.78 is 16.5. The van der Waals surface area contributed by atoms with Crippen LogP contribution in [0.5, 0.6) is 11.5 Å². The Morgan fingerprint density at radius 2 is 1.74 bits per heavy atom. The van der Waals surface area contributed by atoms with E-state index in [2.05, 4.69) is 19.2 Å². The molecule has 0 aliphatic heterocycles. The Kier molecular flexibility index (Phi) is 12.6. The van der Waals surface area contributed by atoms with Gasteiger partial charge in [0, 0.05) is 32.7 Å². The molecule has 0 fully saturated rings. The average Bonchev–Trinajstić information content (AvgIpc) is 2.89. The van der Waals surface area contributed by atoms with E-state index >= 15 is 0 Å². The molecule has 0 heterocycles. The highest BCUT2D eigenvalue weighted by atomic mass is 16.5. The Morgan fingerprint density at radius 3 is 2.34 bits per heavy atom. The van der Waals surface area contributed by atoms with Crippen molar-refractivity contribution in [2.75, 3.05) is 34.0 Å². The fraction of sp³-hybridized carbons (Fsp3) is 0.581. The van der Waals surface area contributed by atoms with E-state index in [0.29, 0.717) is 37.1 Å². The summed E-state index contributed by atoms with van der Waals surface area (Å²) in [6.07, 6.45) is 1.38. The minimum absolute atomic E-state index is 0.113. The first-order chi connectivity index (χ1) is 18.0. The molecule has 0 aromatic heterocycles. The van der Waals surface area contributed by atoms with Crippen LogP contribution in [-0.4, -0.2) is 57.1 Å². The van der Waals surface area contributed by atoms with Gasteiger partial charge in [-0.2, -0.15) is 0 Å². The molecule has 2 rings (SSSR count). The smallest absolute Gasteiger partial charge is 0.230 e.